The van der Waals surface area contributed by atoms with Gasteiger partial charge in [0.1, 0.15) is 0 Å². The summed E-state index contributed by atoms with van der Waals surface area (Å²) in [6.07, 6.45) is 1.39. The molecule has 2 N–H and O–H groups in total. The van der Waals surface area contributed by atoms with Crippen molar-refractivity contribution < 1.29 is 19.1 Å². The number of ether oxygens (including phenoxy) is 2. The van der Waals surface area contributed by atoms with Gasteiger partial charge in [-0.3, -0.25) is 9.59 Å². The van der Waals surface area contributed by atoms with Crippen LogP contribution in [0, 0.1) is 6.92 Å². The first-order valence-corrected chi connectivity index (χ1v) is 8.61. The summed E-state index contributed by atoms with van der Waals surface area (Å²) in [6.45, 7) is 1.95. The van der Waals surface area contributed by atoms with Gasteiger partial charge in [0.2, 0.25) is 6.79 Å². The average molecular weight is 439 g/mol. The van der Waals surface area contributed by atoms with Crippen molar-refractivity contribution in [2.45, 2.75) is 6.92 Å². The first-order chi connectivity index (χ1) is 12.4. The smallest absolute Gasteiger partial charge is 0.329 e. The van der Waals surface area contributed by atoms with E-state index >= 15 is 0 Å². The predicted molar refractivity (Wildman–Crippen MR) is 101 cm³/mol. The molecule has 1 aliphatic rings. The van der Waals surface area contributed by atoms with E-state index in [4.69, 9.17) is 21.1 Å². The number of carbonyl (C=O) groups excluding carboxylic acids is 2. The van der Waals surface area contributed by atoms with Crippen LogP contribution in [0.2, 0.25) is 5.02 Å². The number of anilines is 1. The highest BCUT2D eigenvalue weighted by atomic mass is 79.9. The topological polar surface area (TPSA) is 89.0 Å². The van der Waals surface area contributed by atoms with Crippen LogP contribution in [0.5, 0.6) is 11.5 Å². The van der Waals surface area contributed by atoms with Crippen LogP contribution in [-0.2, 0) is 9.59 Å². The third-order valence-corrected chi connectivity index (χ3v) is 4.44. The number of nitrogens with zero attached hydrogens (tertiary/aromatic N) is 1. The molecule has 1 heterocycles. The number of hydrogen-bond donors (Lipinski definition) is 2. The van der Waals surface area contributed by atoms with E-state index in [9.17, 15) is 9.59 Å². The van der Waals surface area contributed by atoms with E-state index in [0.717, 1.165) is 5.56 Å². The first-order valence-electron chi connectivity index (χ1n) is 7.44. The lowest BCUT2D eigenvalue weighted by molar-refractivity contribution is -0.136. The standard InChI is InChI=1S/C17H13BrClN3O4/c1-9-2-3-11(19)5-13(9)21-16(23)17(24)22-20-7-10-4-14-15(6-12(10)18)26-8-25-14/h2-7H,8H2,1H3,(H,21,23)(H,22,24)/b20-7-. The summed E-state index contributed by atoms with van der Waals surface area (Å²) < 4.78 is 11.2. The molecular weight excluding hydrogens is 426 g/mol. The summed E-state index contributed by atoms with van der Waals surface area (Å²) in [5, 5.41) is 6.74. The summed E-state index contributed by atoms with van der Waals surface area (Å²) in [7, 11) is 0. The van der Waals surface area contributed by atoms with Crippen molar-refractivity contribution in [1.82, 2.24) is 5.43 Å². The molecule has 0 unspecified atom stereocenters. The van der Waals surface area contributed by atoms with Crippen molar-refractivity contribution in [3.8, 4) is 11.5 Å². The average Bonchev–Trinajstić information content (AvgIpc) is 3.05. The molecule has 134 valence electrons. The second-order valence-corrected chi connectivity index (χ2v) is 6.63. The number of fused-ring (bicyclic) bond motifs is 1. The van der Waals surface area contributed by atoms with Crippen molar-refractivity contribution in [1.29, 1.82) is 0 Å². The maximum atomic E-state index is 12.0. The molecule has 0 aromatic heterocycles. The Morgan fingerprint density at radius 1 is 1.19 bits per heavy atom. The van der Waals surface area contributed by atoms with Gasteiger partial charge in [0.25, 0.3) is 0 Å². The van der Waals surface area contributed by atoms with Gasteiger partial charge < -0.3 is 14.8 Å². The lowest BCUT2D eigenvalue weighted by Crippen LogP contribution is -2.32. The molecule has 26 heavy (non-hydrogen) atoms. The highest BCUT2D eigenvalue weighted by Crippen LogP contribution is 2.36. The molecule has 9 heteroatoms. The van der Waals surface area contributed by atoms with Crippen LogP contribution in [-0.4, -0.2) is 24.8 Å². The monoisotopic (exact) mass is 437 g/mol. The maximum Gasteiger partial charge on any atom is 0.329 e. The van der Waals surface area contributed by atoms with Gasteiger partial charge in [-0.2, -0.15) is 5.10 Å². The van der Waals surface area contributed by atoms with E-state index in [-0.39, 0.29) is 6.79 Å². The summed E-state index contributed by atoms with van der Waals surface area (Å²) >= 11 is 9.26. The number of hydrogen-bond acceptors (Lipinski definition) is 5. The van der Waals surface area contributed by atoms with Gasteiger partial charge in [0.05, 0.1) is 6.21 Å². The minimum atomic E-state index is -0.905. The van der Waals surface area contributed by atoms with Crippen LogP contribution >= 0.6 is 27.5 Å². The Balaban J connectivity index is 1.62. The zero-order chi connectivity index (χ0) is 18.7. The summed E-state index contributed by atoms with van der Waals surface area (Å²) in [6, 6.07) is 8.44. The van der Waals surface area contributed by atoms with E-state index in [0.29, 0.717) is 32.2 Å². The Morgan fingerprint density at radius 3 is 2.69 bits per heavy atom. The quantitative estimate of drug-likeness (QED) is 0.437. The molecule has 0 atom stereocenters. The molecule has 1 aliphatic heterocycles. The van der Waals surface area contributed by atoms with Gasteiger partial charge in [-0.05, 0) is 52.7 Å². The third kappa shape index (κ3) is 4.14. The fourth-order valence-corrected chi connectivity index (χ4v) is 2.75. The molecule has 0 fully saturated rings. The number of hydrazone groups is 1. The van der Waals surface area contributed by atoms with E-state index in [1.165, 1.54) is 6.21 Å². The minimum Gasteiger partial charge on any atom is -0.454 e. The van der Waals surface area contributed by atoms with Gasteiger partial charge in [-0.1, -0.05) is 17.7 Å². The number of nitrogens with one attached hydrogen (secondary N) is 2. The van der Waals surface area contributed by atoms with Gasteiger partial charge in [0, 0.05) is 20.7 Å². The molecule has 3 rings (SSSR count). The zero-order valence-electron chi connectivity index (χ0n) is 13.5. The minimum absolute atomic E-state index is 0.155. The molecule has 0 radical (unpaired) electrons. The fourth-order valence-electron chi connectivity index (χ4n) is 2.15. The van der Waals surface area contributed by atoms with E-state index in [1.807, 2.05) is 0 Å². The van der Waals surface area contributed by atoms with Crippen LogP contribution in [0.3, 0.4) is 0 Å². The van der Waals surface area contributed by atoms with Crippen LogP contribution in [0.15, 0.2) is 39.9 Å². The molecule has 0 saturated heterocycles. The van der Waals surface area contributed by atoms with Crippen molar-refractivity contribution in [3.63, 3.8) is 0 Å². The Kier molecular flexibility index (Phi) is 5.43. The number of benzene rings is 2. The Labute approximate surface area is 162 Å². The molecule has 2 amide bonds. The first kappa shape index (κ1) is 18.2. The Hall–Kier alpha value is -2.58. The number of rotatable bonds is 3. The number of aryl methyl sites for hydroxylation is 1. The summed E-state index contributed by atoms with van der Waals surface area (Å²) in [5.74, 6) is -0.556. The van der Waals surface area contributed by atoms with Crippen LogP contribution in [0.1, 0.15) is 11.1 Å². The van der Waals surface area contributed by atoms with Crippen LogP contribution in [0.25, 0.3) is 0 Å². The molecule has 0 spiro atoms. The third-order valence-electron chi connectivity index (χ3n) is 3.52. The Bertz CT molecular complexity index is 917. The number of halogens is 2. The highest BCUT2D eigenvalue weighted by molar-refractivity contribution is 9.10. The Morgan fingerprint density at radius 2 is 1.92 bits per heavy atom. The second kappa shape index (κ2) is 7.76. The number of amides is 2. The molecule has 2 aromatic carbocycles. The molecule has 2 aromatic rings. The summed E-state index contributed by atoms with van der Waals surface area (Å²) in [5.41, 5.74) is 4.07. The molecule has 0 aliphatic carbocycles. The van der Waals surface area contributed by atoms with Crippen molar-refractivity contribution in [2.24, 2.45) is 5.10 Å². The zero-order valence-corrected chi connectivity index (χ0v) is 15.8. The highest BCUT2D eigenvalue weighted by Gasteiger charge is 2.16. The van der Waals surface area contributed by atoms with E-state index in [2.05, 4.69) is 31.8 Å². The van der Waals surface area contributed by atoms with Gasteiger partial charge in [0.15, 0.2) is 11.5 Å². The molecular formula is C17H13BrClN3O4. The second-order valence-electron chi connectivity index (χ2n) is 5.34. The van der Waals surface area contributed by atoms with Crippen molar-refractivity contribution >= 4 is 51.2 Å². The molecule has 7 nitrogen and oxygen atoms in total. The normalized spacial score (nSPS) is 12.3. The lowest BCUT2D eigenvalue weighted by atomic mass is 10.2. The van der Waals surface area contributed by atoms with E-state index in [1.54, 1.807) is 37.3 Å². The maximum absolute atomic E-state index is 12.0. The molecule has 0 saturated carbocycles. The van der Waals surface area contributed by atoms with Gasteiger partial charge in [-0.15, -0.1) is 0 Å². The number of carbonyl (C=O) groups is 2. The van der Waals surface area contributed by atoms with Crippen LogP contribution in [0.4, 0.5) is 5.69 Å². The van der Waals surface area contributed by atoms with Gasteiger partial charge in [-0.25, -0.2) is 5.43 Å². The SMILES string of the molecule is Cc1ccc(Cl)cc1NC(=O)C(=O)N/N=C\c1cc2c(cc1Br)OCO2. The van der Waals surface area contributed by atoms with Gasteiger partial charge >= 0.3 is 11.8 Å². The summed E-state index contributed by atoms with van der Waals surface area (Å²) in [4.78, 5) is 23.8. The van der Waals surface area contributed by atoms with Crippen molar-refractivity contribution in [3.05, 3.63) is 51.0 Å². The van der Waals surface area contributed by atoms with Crippen molar-refractivity contribution in [2.75, 3.05) is 12.1 Å². The fraction of sp³-hybridized carbons (Fsp3) is 0.118. The van der Waals surface area contributed by atoms with E-state index < -0.39 is 11.8 Å². The molecule has 0 bridgehead atoms. The lowest BCUT2D eigenvalue weighted by Gasteiger charge is -2.07. The van der Waals surface area contributed by atoms with Crippen LogP contribution < -0.4 is 20.2 Å². The largest absolute Gasteiger partial charge is 0.454 e. The predicted octanol–water partition coefficient (Wildman–Crippen LogP) is 3.23.